The van der Waals surface area contributed by atoms with Crippen molar-refractivity contribution in [3.63, 3.8) is 0 Å². The molecule has 2 unspecified atom stereocenters. The van der Waals surface area contributed by atoms with Crippen LogP contribution in [-0.4, -0.2) is 35.0 Å². The second kappa shape index (κ2) is 6.49. The minimum atomic E-state index is -1.05. The van der Waals surface area contributed by atoms with Crippen molar-refractivity contribution in [1.82, 2.24) is 4.90 Å². The van der Waals surface area contributed by atoms with E-state index in [0.717, 1.165) is 11.1 Å². The van der Waals surface area contributed by atoms with Gasteiger partial charge in [0.05, 0.1) is 0 Å². The molecule has 0 aromatic heterocycles. The number of nitrogens with zero attached hydrogens (tertiary/aromatic N) is 4. The Kier molecular flexibility index (Phi) is 4.68. The SMILES string of the molecule is Cc1cc(C)cc(C(C(=O)O)N2CC(CN=[N+]=[N-])CC2=O)c1. The first kappa shape index (κ1) is 15.9. The lowest BCUT2D eigenvalue weighted by molar-refractivity contribution is -0.148. The number of likely N-dealkylation sites (tertiary alicyclic amines) is 1. The van der Waals surface area contributed by atoms with Gasteiger partial charge in [0.15, 0.2) is 6.04 Å². The molecule has 0 aliphatic carbocycles. The lowest BCUT2D eigenvalue weighted by Crippen LogP contribution is -2.35. The third-order valence-corrected chi connectivity index (χ3v) is 3.75. The smallest absolute Gasteiger partial charge is 0.331 e. The number of carbonyl (C=O) groups excluding carboxylic acids is 1. The van der Waals surface area contributed by atoms with Crippen molar-refractivity contribution >= 4 is 11.9 Å². The maximum atomic E-state index is 12.2. The van der Waals surface area contributed by atoms with Gasteiger partial charge >= 0.3 is 5.97 Å². The summed E-state index contributed by atoms with van der Waals surface area (Å²) < 4.78 is 0. The lowest BCUT2D eigenvalue weighted by atomic mass is 10.0. The predicted octanol–water partition coefficient (Wildman–Crippen LogP) is 2.59. The molecule has 2 atom stereocenters. The van der Waals surface area contributed by atoms with E-state index in [-0.39, 0.29) is 24.8 Å². The van der Waals surface area contributed by atoms with E-state index in [0.29, 0.717) is 12.1 Å². The molecule has 0 radical (unpaired) electrons. The number of azide groups is 1. The van der Waals surface area contributed by atoms with Crippen LogP contribution in [0.1, 0.15) is 29.2 Å². The van der Waals surface area contributed by atoms with Crippen LogP contribution in [0.4, 0.5) is 0 Å². The molecule has 1 saturated heterocycles. The summed E-state index contributed by atoms with van der Waals surface area (Å²) in [5.74, 6) is -1.40. The van der Waals surface area contributed by atoms with Crippen molar-refractivity contribution in [2.75, 3.05) is 13.1 Å². The van der Waals surface area contributed by atoms with Gasteiger partial charge in [0, 0.05) is 24.4 Å². The normalized spacial score (nSPS) is 18.9. The summed E-state index contributed by atoms with van der Waals surface area (Å²) in [5.41, 5.74) is 10.9. The largest absolute Gasteiger partial charge is 0.479 e. The third-order valence-electron chi connectivity index (χ3n) is 3.75. The Balaban J connectivity index is 2.30. The first-order chi connectivity index (χ1) is 10.4. The van der Waals surface area contributed by atoms with Gasteiger partial charge in [0.1, 0.15) is 0 Å². The molecule has 7 nitrogen and oxygen atoms in total. The molecule has 2 rings (SSSR count). The monoisotopic (exact) mass is 302 g/mol. The summed E-state index contributed by atoms with van der Waals surface area (Å²) in [4.78, 5) is 27.9. The molecule has 0 bridgehead atoms. The van der Waals surface area contributed by atoms with Crippen molar-refractivity contribution in [3.8, 4) is 0 Å². The van der Waals surface area contributed by atoms with Gasteiger partial charge in [-0.15, -0.1) is 0 Å². The van der Waals surface area contributed by atoms with Crippen LogP contribution in [0.15, 0.2) is 23.3 Å². The second-order valence-electron chi connectivity index (χ2n) is 5.69. The molecule has 1 aliphatic rings. The van der Waals surface area contributed by atoms with Crippen molar-refractivity contribution in [2.45, 2.75) is 26.3 Å². The van der Waals surface area contributed by atoms with E-state index in [9.17, 15) is 14.7 Å². The third kappa shape index (κ3) is 3.38. The summed E-state index contributed by atoms with van der Waals surface area (Å²) in [6.45, 7) is 4.29. The van der Waals surface area contributed by atoms with Gasteiger partial charge in [0.25, 0.3) is 0 Å². The fraction of sp³-hybridized carbons (Fsp3) is 0.467. The Hall–Kier alpha value is -2.53. The topological polar surface area (TPSA) is 106 Å². The molecule has 22 heavy (non-hydrogen) atoms. The number of carboxylic acid groups (broad SMARTS) is 1. The molecule has 1 fully saturated rings. The minimum Gasteiger partial charge on any atom is -0.479 e. The fourth-order valence-electron chi connectivity index (χ4n) is 2.96. The molecule has 7 heteroatoms. The highest BCUT2D eigenvalue weighted by Gasteiger charge is 2.38. The van der Waals surface area contributed by atoms with Gasteiger partial charge in [-0.2, -0.15) is 0 Å². The van der Waals surface area contributed by atoms with E-state index in [1.807, 2.05) is 19.9 Å². The van der Waals surface area contributed by atoms with Crippen LogP contribution < -0.4 is 0 Å². The van der Waals surface area contributed by atoms with E-state index in [1.54, 1.807) is 12.1 Å². The van der Waals surface area contributed by atoms with Crippen molar-refractivity contribution in [3.05, 3.63) is 45.3 Å². The zero-order valence-corrected chi connectivity index (χ0v) is 12.6. The van der Waals surface area contributed by atoms with E-state index in [4.69, 9.17) is 5.53 Å². The molecule has 116 valence electrons. The minimum absolute atomic E-state index is 0.129. The number of rotatable bonds is 5. The summed E-state index contributed by atoms with van der Waals surface area (Å²) in [5, 5.41) is 13.1. The molecule has 1 heterocycles. The molecule has 0 spiro atoms. The number of hydrogen-bond donors (Lipinski definition) is 1. The van der Waals surface area contributed by atoms with Crippen LogP contribution in [0.3, 0.4) is 0 Å². The average Bonchev–Trinajstić information content (AvgIpc) is 2.76. The quantitative estimate of drug-likeness (QED) is 0.513. The first-order valence-corrected chi connectivity index (χ1v) is 7.03. The standard InChI is InChI=1S/C15H18N4O3/c1-9-3-10(2)5-12(4-9)14(15(21)22)19-8-11(6-13(19)20)7-17-18-16/h3-5,11,14H,6-8H2,1-2H3,(H,21,22). The summed E-state index contributed by atoms with van der Waals surface area (Å²) >= 11 is 0. The molecule has 1 N–H and O–H groups in total. The van der Waals surface area contributed by atoms with E-state index in [1.165, 1.54) is 4.90 Å². The highest BCUT2D eigenvalue weighted by Crippen LogP contribution is 2.30. The van der Waals surface area contributed by atoms with Crippen LogP contribution in [0.25, 0.3) is 10.4 Å². The molecule has 1 aromatic carbocycles. The lowest BCUT2D eigenvalue weighted by Gasteiger charge is -2.25. The van der Waals surface area contributed by atoms with Gasteiger partial charge in [-0.05, 0) is 30.9 Å². The second-order valence-corrected chi connectivity index (χ2v) is 5.69. The Morgan fingerprint density at radius 2 is 2.09 bits per heavy atom. The molecule has 1 amide bonds. The summed E-state index contributed by atoms with van der Waals surface area (Å²) in [7, 11) is 0. The van der Waals surface area contributed by atoms with Gasteiger partial charge in [-0.1, -0.05) is 34.4 Å². The summed E-state index contributed by atoms with van der Waals surface area (Å²) in [6, 6.07) is 4.54. The number of amides is 1. The van der Waals surface area contributed by atoms with E-state index < -0.39 is 12.0 Å². The zero-order chi connectivity index (χ0) is 16.3. The molecule has 1 aromatic rings. The highest BCUT2D eigenvalue weighted by atomic mass is 16.4. The maximum absolute atomic E-state index is 12.2. The van der Waals surface area contributed by atoms with Crippen LogP contribution in [0.2, 0.25) is 0 Å². The van der Waals surface area contributed by atoms with Crippen molar-refractivity contribution < 1.29 is 14.7 Å². The highest BCUT2D eigenvalue weighted by molar-refractivity contribution is 5.86. The Bertz CT molecular complexity index is 632. The molecular weight excluding hydrogens is 284 g/mol. The van der Waals surface area contributed by atoms with Crippen LogP contribution in [0, 0.1) is 19.8 Å². The molecule has 0 saturated carbocycles. The van der Waals surface area contributed by atoms with Crippen molar-refractivity contribution in [2.24, 2.45) is 11.0 Å². The van der Waals surface area contributed by atoms with Crippen LogP contribution in [0.5, 0.6) is 0 Å². The van der Waals surface area contributed by atoms with Gasteiger partial charge in [0.2, 0.25) is 5.91 Å². The number of aliphatic carboxylic acids is 1. The van der Waals surface area contributed by atoms with Gasteiger partial charge in [-0.25, -0.2) is 4.79 Å². The number of benzene rings is 1. The van der Waals surface area contributed by atoms with E-state index in [2.05, 4.69) is 10.0 Å². The van der Waals surface area contributed by atoms with Crippen molar-refractivity contribution in [1.29, 1.82) is 0 Å². The zero-order valence-electron chi connectivity index (χ0n) is 12.6. The number of hydrogen-bond acceptors (Lipinski definition) is 3. The summed E-state index contributed by atoms with van der Waals surface area (Å²) in [6.07, 6.45) is 0.216. The number of carboxylic acids is 1. The van der Waals surface area contributed by atoms with E-state index >= 15 is 0 Å². The molecule has 1 aliphatic heterocycles. The molecular formula is C15H18N4O3. The van der Waals surface area contributed by atoms with Gasteiger partial charge < -0.3 is 10.0 Å². The average molecular weight is 302 g/mol. The Labute approximate surface area is 128 Å². The Morgan fingerprint density at radius 3 is 2.64 bits per heavy atom. The maximum Gasteiger partial charge on any atom is 0.331 e. The predicted molar refractivity (Wildman–Crippen MR) is 80.1 cm³/mol. The Morgan fingerprint density at radius 1 is 1.45 bits per heavy atom. The van der Waals surface area contributed by atoms with Crippen LogP contribution in [-0.2, 0) is 9.59 Å². The van der Waals surface area contributed by atoms with Crippen LogP contribution >= 0.6 is 0 Å². The van der Waals surface area contributed by atoms with Gasteiger partial charge in [-0.3, -0.25) is 4.79 Å². The first-order valence-electron chi connectivity index (χ1n) is 7.03. The number of carbonyl (C=O) groups is 2. The number of aryl methyl sites for hydroxylation is 2. The fourth-order valence-corrected chi connectivity index (χ4v) is 2.96.